The Bertz CT molecular complexity index is 458. The van der Waals surface area contributed by atoms with Crippen molar-refractivity contribution in [3.8, 4) is 0 Å². The number of rotatable bonds is 2. The third-order valence-corrected chi connectivity index (χ3v) is 3.41. The zero-order chi connectivity index (χ0) is 17.4. The molecular weight excluding hydrogens is 574 g/mol. The quantitative estimate of drug-likeness (QED) is 0.107. The molecule has 24 nitrogen and oxygen atoms in total. The molecule has 0 aromatic rings. The fourth-order valence-corrected chi connectivity index (χ4v) is 2.31. The van der Waals surface area contributed by atoms with Gasteiger partial charge in [-0.2, -0.15) is 4.31 Å². The van der Waals surface area contributed by atoms with Crippen molar-refractivity contribution in [2.75, 3.05) is 0 Å². The normalized spacial score (nSPS) is 21.6. The van der Waals surface area contributed by atoms with Crippen LogP contribution >= 0.6 is 15.6 Å². The Labute approximate surface area is 275 Å². The predicted octanol–water partition coefficient (Wildman–Crippen LogP) is -20.2. The second-order valence-corrected chi connectivity index (χ2v) is 6.18. The molecule has 0 radical (unpaired) electrons. The number of hydrogen-bond acceptors (Lipinski definition) is 12. The van der Waals surface area contributed by atoms with Gasteiger partial charge < -0.3 is 111 Å². The van der Waals surface area contributed by atoms with E-state index in [1.807, 2.05) is 0 Å². The molecule has 198 valence electrons. The maximum atomic E-state index is 9.63. The summed E-state index contributed by atoms with van der Waals surface area (Å²) in [6, 6.07) is 0. The summed E-state index contributed by atoms with van der Waals surface area (Å²) in [5.74, 6) is 0. The molecule has 2 bridgehead atoms. The molecule has 33 heteroatoms. The van der Waals surface area contributed by atoms with Crippen LogP contribution in [0, 0.1) is 0 Å². The Kier molecular flexibility index (Phi) is 58.0. The summed E-state index contributed by atoms with van der Waals surface area (Å²) in [6.07, 6.45) is 0. The van der Waals surface area contributed by atoms with Crippen LogP contribution in [0.4, 0.5) is 0 Å². The van der Waals surface area contributed by atoms with E-state index in [2.05, 4.69) is 27.2 Å². The standard InChI is InChI=1S/B4H4O9.K.2Na.H4O7P2.8H2O.3H/c5-1-9-3(7)11-2(6)12-4(8,10-1)13-3;;;;1-8(2,3)7-9(4,5)6;;;;;;;;;;;/h5-8H;;;;(H2,1,2,3)(H2,4,5,6);8*1H2;;;/q-2;3*+1;;;;;;;;;;3*-1. The number of phosphoric acid groups is 2. The maximum absolute atomic E-state index is 9.63. The molecule has 0 aromatic heterocycles. The van der Waals surface area contributed by atoms with Crippen LogP contribution < -0.4 is 110 Å². The molecule has 33 heavy (non-hydrogen) atoms. The van der Waals surface area contributed by atoms with Gasteiger partial charge in [0.25, 0.3) is 0 Å². The monoisotopic (exact) mass is 602 g/mol. The largest absolute Gasteiger partial charge is 1.00 e. The molecule has 0 amide bonds. The summed E-state index contributed by atoms with van der Waals surface area (Å²) in [6.45, 7) is -6.90. The zero-order valence-corrected chi connectivity index (χ0v) is 26.0. The fraction of sp³-hybridized carbons (Fsp3) is 0. The van der Waals surface area contributed by atoms with E-state index in [4.69, 9.17) is 29.6 Å². The van der Waals surface area contributed by atoms with E-state index in [0.29, 0.717) is 0 Å². The van der Waals surface area contributed by atoms with Gasteiger partial charge in [0.15, 0.2) is 0 Å². The minimum Gasteiger partial charge on any atom is -1.00 e. The summed E-state index contributed by atoms with van der Waals surface area (Å²) in [5, 5.41) is 35.9. The van der Waals surface area contributed by atoms with Crippen LogP contribution in [0.25, 0.3) is 0 Å². The summed E-state index contributed by atoms with van der Waals surface area (Å²) >= 11 is 0. The summed E-state index contributed by atoms with van der Waals surface area (Å²) in [4.78, 5) is 31.0. The Morgan fingerprint density at radius 1 is 0.636 bits per heavy atom. The van der Waals surface area contributed by atoms with Crippen molar-refractivity contribution in [1.82, 2.24) is 0 Å². The molecule has 0 atom stereocenters. The van der Waals surface area contributed by atoms with Crippen LogP contribution in [0.2, 0.25) is 0 Å². The second kappa shape index (κ2) is 27.1. The van der Waals surface area contributed by atoms with E-state index in [1.54, 1.807) is 0 Å². The minimum absolute atomic E-state index is 0. The molecule has 24 N–H and O–H groups in total. The van der Waals surface area contributed by atoms with E-state index in [9.17, 15) is 19.2 Å². The molecule has 2 heterocycles. The first-order valence-corrected chi connectivity index (χ1v) is 7.98. The van der Waals surface area contributed by atoms with E-state index >= 15 is 0 Å². The van der Waals surface area contributed by atoms with Crippen molar-refractivity contribution < 1.29 is 235 Å². The molecule has 0 unspecified atom stereocenters. The van der Waals surface area contributed by atoms with Gasteiger partial charge in [-0.1, -0.05) is 0 Å². The molecule has 0 spiro atoms. The third-order valence-electron chi connectivity index (χ3n) is 1.71. The van der Waals surface area contributed by atoms with Crippen molar-refractivity contribution in [2.45, 2.75) is 0 Å². The van der Waals surface area contributed by atoms with Gasteiger partial charge in [0.1, 0.15) is 0 Å². The van der Waals surface area contributed by atoms with Crippen LogP contribution in [0.3, 0.4) is 0 Å². The molecular formula is H27B4KNa2O24P2-2. The van der Waals surface area contributed by atoms with Crippen LogP contribution in [-0.4, -0.2) is 112 Å². The topological polar surface area (TPSA) is 503 Å². The average Bonchev–Trinajstić information content (AvgIpc) is 2.03. The molecule has 2 fully saturated rings. The van der Waals surface area contributed by atoms with Crippen molar-refractivity contribution in [3.05, 3.63) is 0 Å². The van der Waals surface area contributed by atoms with Gasteiger partial charge in [-0.25, -0.2) is 9.13 Å². The first-order valence-electron chi connectivity index (χ1n) is 4.92. The number of fused-ring (bicyclic) bond motifs is 2. The smallest absolute Gasteiger partial charge is 1.00 e. The predicted molar refractivity (Wildman–Crippen MR) is 94.7 cm³/mol. The fourth-order valence-electron chi connectivity index (χ4n) is 1.20. The van der Waals surface area contributed by atoms with Gasteiger partial charge in [0.2, 0.25) is 0 Å². The van der Waals surface area contributed by atoms with Gasteiger partial charge >= 0.3 is 155 Å². The van der Waals surface area contributed by atoms with E-state index in [1.165, 1.54) is 0 Å². The average molecular weight is 601 g/mol. The SMILES string of the molecule is O.O.O.O.O.O.O.O.O=P(O)(O)OP(=O)(O)O.OB1O[B-]2(O)OB(O)O[B-](O)(O1)O2.[H-].[H-].[H-].[K+].[Na+].[Na+]. The molecule has 2 aliphatic heterocycles. The Hall–Kier alpha value is 3.48. The Balaban J connectivity index is -0.0000000166. The molecule has 0 saturated carbocycles. The van der Waals surface area contributed by atoms with E-state index < -0.39 is 44.2 Å². The van der Waals surface area contributed by atoms with E-state index in [0.717, 1.165) is 0 Å². The van der Waals surface area contributed by atoms with Gasteiger partial charge in [0, 0.05) is 0 Å². The zero-order valence-electron chi connectivity index (χ0n) is 20.0. The van der Waals surface area contributed by atoms with Crippen molar-refractivity contribution >= 4 is 44.2 Å². The molecule has 0 aromatic carbocycles. The van der Waals surface area contributed by atoms with Crippen molar-refractivity contribution in [3.63, 3.8) is 0 Å². The van der Waals surface area contributed by atoms with Gasteiger partial charge in [0.05, 0.1) is 0 Å². The van der Waals surface area contributed by atoms with Crippen LogP contribution in [0.5, 0.6) is 0 Å². The summed E-state index contributed by atoms with van der Waals surface area (Å²) < 4.78 is 43.3. The van der Waals surface area contributed by atoms with Gasteiger partial charge in [-0.15, -0.1) is 0 Å². The Morgan fingerprint density at radius 3 is 0.939 bits per heavy atom. The molecule has 2 aliphatic rings. The van der Waals surface area contributed by atoms with Gasteiger partial charge in [-0.3, -0.25) is 0 Å². The summed E-state index contributed by atoms with van der Waals surface area (Å²) in [7, 11) is -14.0. The first-order chi connectivity index (χ1) is 9.62. The van der Waals surface area contributed by atoms with Crippen LogP contribution in [-0.2, 0) is 36.3 Å². The van der Waals surface area contributed by atoms with Gasteiger partial charge in [-0.05, 0) is 0 Å². The van der Waals surface area contributed by atoms with E-state index in [-0.39, 0.29) is 159 Å². The minimum atomic E-state index is -5.05. The summed E-state index contributed by atoms with van der Waals surface area (Å²) in [5.41, 5.74) is 0. The Morgan fingerprint density at radius 2 is 0.818 bits per heavy atom. The molecule has 2 saturated heterocycles. The van der Waals surface area contributed by atoms with Crippen molar-refractivity contribution in [1.29, 1.82) is 0 Å². The van der Waals surface area contributed by atoms with Crippen molar-refractivity contribution in [2.24, 2.45) is 0 Å². The van der Waals surface area contributed by atoms with Crippen LogP contribution in [0.15, 0.2) is 0 Å². The first kappa shape index (κ1) is 70.7. The second-order valence-electron chi connectivity index (χ2n) is 3.57. The third kappa shape index (κ3) is 31.6. The molecule has 0 aliphatic carbocycles. The maximum Gasteiger partial charge on any atom is 1.00 e. The van der Waals surface area contributed by atoms with Crippen LogP contribution in [0.1, 0.15) is 4.28 Å². The number of hydrogen-bond donors (Lipinski definition) is 8. The molecule has 2 rings (SSSR count).